The fraction of sp³-hybridized carbons (Fsp3) is 0.167. The first-order chi connectivity index (χ1) is 16.5. The number of thiazole rings is 1. The molecule has 1 heterocycles. The topological polar surface area (TPSA) is 96.1 Å². The molecule has 3 aromatic carbocycles. The molecule has 174 valence electrons. The summed E-state index contributed by atoms with van der Waals surface area (Å²) in [6.45, 7) is 2.51. The summed E-state index contributed by atoms with van der Waals surface area (Å²) in [5.41, 5.74) is 2.01. The number of nitro groups is 1. The van der Waals surface area contributed by atoms with Crippen molar-refractivity contribution in [1.29, 1.82) is 0 Å². The fourth-order valence-corrected chi connectivity index (χ4v) is 5.29. The molecule has 10 heteroatoms. The summed E-state index contributed by atoms with van der Waals surface area (Å²) in [6.07, 6.45) is 1.57. The number of methoxy groups -OCH3 is 2. The van der Waals surface area contributed by atoms with Gasteiger partial charge in [-0.05, 0) is 48.9 Å². The molecule has 0 saturated heterocycles. The van der Waals surface area contributed by atoms with Gasteiger partial charge < -0.3 is 14.2 Å². The van der Waals surface area contributed by atoms with Crippen LogP contribution in [0, 0.1) is 10.1 Å². The Balaban J connectivity index is 1.59. The predicted molar refractivity (Wildman–Crippen MR) is 135 cm³/mol. The number of ether oxygens (including phenoxy) is 3. The van der Waals surface area contributed by atoms with Gasteiger partial charge in [0.25, 0.3) is 5.69 Å². The van der Waals surface area contributed by atoms with Gasteiger partial charge in [0.1, 0.15) is 22.9 Å². The largest absolute Gasteiger partial charge is 0.497 e. The van der Waals surface area contributed by atoms with Crippen LogP contribution in [-0.2, 0) is 0 Å². The van der Waals surface area contributed by atoms with Crippen LogP contribution >= 0.6 is 23.1 Å². The van der Waals surface area contributed by atoms with E-state index in [1.54, 1.807) is 50.8 Å². The van der Waals surface area contributed by atoms with Crippen LogP contribution in [0.4, 0.5) is 11.4 Å². The first kappa shape index (κ1) is 23.5. The maximum atomic E-state index is 11.8. The number of aromatic nitrogens is 1. The molecule has 0 aliphatic heterocycles. The number of rotatable bonds is 9. The lowest BCUT2D eigenvalue weighted by Crippen LogP contribution is -1.93. The summed E-state index contributed by atoms with van der Waals surface area (Å²) in [4.78, 5) is 20.9. The highest BCUT2D eigenvalue weighted by Gasteiger charge is 2.18. The highest BCUT2D eigenvalue weighted by atomic mass is 32.2. The Morgan fingerprint density at radius 1 is 1.09 bits per heavy atom. The highest BCUT2D eigenvalue weighted by molar-refractivity contribution is 8.01. The molecule has 4 aromatic rings. The van der Waals surface area contributed by atoms with Crippen molar-refractivity contribution in [3.05, 3.63) is 70.3 Å². The minimum atomic E-state index is -0.395. The Hall–Kier alpha value is -3.63. The average molecular weight is 496 g/mol. The maximum absolute atomic E-state index is 11.8. The smallest absolute Gasteiger partial charge is 0.283 e. The minimum Gasteiger partial charge on any atom is -0.497 e. The van der Waals surface area contributed by atoms with Gasteiger partial charge in [0.05, 0.1) is 40.9 Å². The molecule has 0 spiro atoms. The van der Waals surface area contributed by atoms with Gasteiger partial charge in [-0.15, -0.1) is 11.3 Å². The van der Waals surface area contributed by atoms with E-state index in [0.717, 1.165) is 20.3 Å². The zero-order valence-electron chi connectivity index (χ0n) is 18.7. The van der Waals surface area contributed by atoms with Gasteiger partial charge in [-0.2, -0.15) is 0 Å². The number of nitrogens with zero attached hydrogens (tertiary/aromatic N) is 3. The number of hydrogen-bond acceptors (Lipinski definition) is 9. The van der Waals surface area contributed by atoms with E-state index in [0.29, 0.717) is 34.3 Å². The van der Waals surface area contributed by atoms with Crippen molar-refractivity contribution in [2.45, 2.75) is 16.2 Å². The number of hydrogen-bond donors (Lipinski definition) is 0. The van der Waals surface area contributed by atoms with Crippen LogP contribution in [0.15, 0.2) is 68.8 Å². The molecule has 0 radical (unpaired) electrons. The second-order valence-corrected chi connectivity index (χ2v) is 9.24. The van der Waals surface area contributed by atoms with E-state index in [-0.39, 0.29) is 5.69 Å². The van der Waals surface area contributed by atoms with Crippen molar-refractivity contribution in [1.82, 2.24) is 4.98 Å². The molecule has 4 rings (SSSR count). The van der Waals surface area contributed by atoms with Gasteiger partial charge in [0, 0.05) is 18.3 Å². The summed E-state index contributed by atoms with van der Waals surface area (Å²) < 4.78 is 17.8. The van der Waals surface area contributed by atoms with Crippen LogP contribution in [0.3, 0.4) is 0 Å². The van der Waals surface area contributed by atoms with Gasteiger partial charge >= 0.3 is 0 Å². The van der Waals surface area contributed by atoms with E-state index in [2.05, 4.69) is 9.98 Å². The maximum Gasteiger partial charge on any atom is 0.283 e. The molecule has 0 unspecified atom stereocenters. The van der Waals surface area contributed by atoms with E-state index in [9.17, 15) is 10.1 Å². The van der Waals surface area contributed by atoms with Crippen LogP contribution in [0.1, 0.15) is 12.5 Å². The van der Waals surface area contributed by atoms with Crippen LogP contribution in [-0.4, -0.2) is 36.9 Å². The van der Waals surface area contributed by atoms with E-state index >= 15 is 0 Å². The molecule has 0 N–H and O–H groups in total. The van der Waals surface area contributed by atoms with E-state index in [1.165, 1.54) is 29.2 Å². The van der Waals surface area contributed by atoms with Crippen LogP contribution in [0.25, 0.3) is 10.2 Å². The molecule has 0 saturated carbocycles. The fourth-order valence-electron chi connectivity index (χ4n) is 3.16. The van der Waals surface area contributed by atoms with Crippen molar-refractivity contribution in [3.63, 3.8) is 0 Å². The van der Waals surface area contributed by atoms with Gasteiger partial charge in [0.2, 0.25) is 0 Å². The quantitative estimate of drug-likeness (QED) is 0.148. The summed E-state index contributed by atoms with van der Waals surface area (Å²) in [6, 6.07) is 16.0. The van der Waals surface area contributed by atoms with E-state index < -0.39 is 4.92 Å². The van der Waals surface area contributed by atoms with Crippen molar-refractivity contribution in [3.8, 4) is 17.2 Å². The molecule has 0 aliphatic rings. The Bertz CT molecular complexity index is 1370. The summed E-state index contributed by atoms with van der Waals surface area (Å²) in [5.74, 6) is 1.97. The molecule has 0 amide bonds. The molecule has 0 bridgehead atoms. The second kappa shape index (κ2) is 10.5. The Morgan fingerprint density at radius 3 is 2.65 bits per heavy atom. The number of fused-ring (bicyclic) bond motifs is 1. The number of aliphatic imine (C=N–C) groups is 1. The van der Waals surface area contributed by atoms with E-state index in [4.69, 9.17) is 14.2 Å². The van der Waals surface area contributed by atoms with Gasteiger partial charge in [0.15, 0.2) is 4.34 Å². The number of benzene rings is 3. The molecule has 8 nitrogen and oxygen atoms in total. The third kappa shape index (κ3) is 5.29. The SMILES string of the molecule is CCOc1ccc2nc(Sc3ccc(C=Nc4ccc(OC)cc4OC)cc3[N+](=O)[O-])sc2c1. The molecule has 0 aliphatic carbocycles. The molecular formula is C24H21N3O5S2. The molecule has 0 atom stereocenters. The number of nitro benzene ring substituents is 1. The van der Waals surface area contributed by atoms with Crippen molar-refractivity contribution in [2.24, 2.45) is 4.99 Å². The molecular weight excluding hydrogens is 474 g/mol. The lowest BCUT2D eigenvalue weighted by Gasteiger charge is -2.06. The standard InChI is InChI=1S/C24H21N3O5S2/c1-4-32-17-7-9-19-23(13-17)34-24(26-19)33-22-10-5-15(11-20(22)27(28)29)14-25-18-8-6-16(30-2)12-21(18)31-3/h5-14H,4H2,1-3H3. The molecule has 0 fully saturated rings. The predicted octanol–water partition coefficient (Wildman–Crippen LogP) is 6.52. The first-order valence-corrected chi connectivity index (χ1v) is 11.9. The third-order valence-electron chi connectivity index (χ3n) is 4.77. The van der Waals surface area contributed by atoms with Gasteiger partial charge in [-0.25, -0.2) is 4.98 Å². The normalized spacial score (nSPS) is 11.1. The van der Waals surface area contributed by atoms with Crippen LogP contribution in [0.2, 0.25) is 0 Å². The second-order valence-electron chi connectivity index (χ2n) is 6.92. The Kier molecular flexibility index (Phi) is 7.29. The summed E-state index contributed by atoms with van der Waals surface area (Å²) >= 11 is 2.74. The van der Waals surface area contributed by atoms with Crippen molar-refractivity contribution < 1.29 is 19.1 Å². The minimum absolute atomic E-state index is 0.00935. The molecule has 34 heavy (non-hydrogen) atoms. The van der Waals surface area contributed by atoms with Gasteiger partial charge in [-0.3, -0.25) is 15.1 Å². The van der Waals surface area contributed by atoms with Crippen molar-refractivity contribution >= 4 is 50.9 Å². The lowest BCUT2D eigenvalue weighted by atomic mass is 10.2. The summed E-state index contributed by atoms with van der Waals surface area (Å²) in [5, 5.41) is 11.8. The zero-order chi connectivity index (χ0) is 24.1. The lowest BCUT2D eigenvalue weighted by molar-refractivity contribution is -0.387. The van der Waals surface area contributed by atoms with Crippen LogP contribution < -0.4 is 14.2 Å². The Labute approximate surface area is 204 Å². The first-order valence-electron chi connectivity index (χ1n) is 10.3. The Morgan fingerprint density at radius 2 is 1.91 bits per heavy atom. The summed E-state index contributed by atoms with van der Waals surface area (Å²) in [7, 11) is 3.12. The average Bonchev–Trinajstić information content (AvgIpc) is 3.24. The van der Waals surface area contributed by atoms with Crippen LogP contribution in [0.5, 0.6) is 17.2 Å². The third-order valence-corrected chi connectivity index (χ3v) is 6.91. The zero-order valence-corrected chi connectivity index (χ0v) is 20.3. The highest BCUT2D eigenvalue weighted by Crippen LogP contribution is 2.40. The van der Waals surface area contributed by atoms with Crippen molar-refractivity contribution in [2.75, 3.05) is 20.8 Å². The monoisotopic (exact) mass is 495 g/mol. The molecule has 1 aromatic heterocycles. The van der Waals surface area contributed by atoms with E-state index in [1.807, 2.05) is 25.1 Å². The van der Waals surface area contributed by atoms with Gasteiger partial charge in [-0.1, -0.05) is 17.8 Å².